The molecule has 156 valence electrons. The summed E-state index contributed by atoms with van der Waals surface area (Å²) in [5, 5.41) is 13.1. The molecule has 2 amide bonds. The van der Waals surface area contributed by atoms with Crippen molar-refractivity contribution in [1.29, 1.82) is 0 Å². The summed E-state index contributed by atoms with van der Waals surface area (Å²) in [7, 11) is 0. The summed E-state index contributed by atoms with van der Waals surface area (Å²) in [6, 6.07) is 11.2. The van der Waals surface area contributed by atoms with Gasteiger partial charge in [0.25, 0.3) is 0 Å². The Bertz CT molecular complexity index is 1040. The lowest BCUT2D eigenvalue weighted by molar-refractivity contribution is -0.122. The van der Waals surface area contributed by atoms with E-state index in [9.17, 15) is 9.59 Å². The van der Waals surface area contributed by atoms with Gasteiger partial charge in [0.2, 0.25) is 11.8 Å². The van der Waals surface area contributed by atoms with Crippen molar-refractivity contribution >= 4 is 34.8 Å². The Labute approximate surface area is 180 Å². The highest BCUT2D eigenvalue weighted by Gasteiger charge is 2.10. The number of halogens is 1. The lowest BCUT2D eigenvalue weighted by atomic mass is 10.1. The molecule has 0 aliphatic heterocycles. The van der Waals surface area contributed by atoms with Gasteiger partial charge in [0, 0.05) is 23.8 Å². The van der Waals surface area contributed by atoms with E-state index in [2.05, 4.69) is 21.0 Å². The monoisotopic (exact) mass is 425 g/mol. The van der Waals surface area contributed by atoms with Crippen molar-refractivity contribution in [2.45, 2.75) is 20.8 Å². The van der Waals surface area contributed by atoms with Gasteiger partial charge in [-0.15, -0.1) is 0 Å². The fourth-order valence-corrected chi connectivity index (χ4v) is 3.47. The first-order valence-corrected chi connectivity index (χ1v) is 9.89. The summed E-state index contributed by atoms with van der Waals surface area (Å²) in [6.07, 6.45) is 3.47. The van der Waals surface area contributed by atoms with Crippen LogP contribution in [0.5, 0.6) is 0 Å². The summed E-state index contributed by atoms with van der Waals surface area (Å²) < 4.78 is 1.66. The van der Waals surface area contributed by atoms with Crippen LogP contribution >= 0.6 is 11.6 Å². The number of anilines is 2. The maximum atomic E-state index is 12.2. The van der Waals surface area contributed by atoms with E-state index in [0.717, 1.165) is 28.1 Å². The molecular formula is C22H24ClN5O2. The van der Waals surface area contributed by atoms with Gasteiger partial charge in [0.05, 0.1) is 23.8 Å². The SMILES string of the molecule is Cc1cc(C)c(NC(=O)CNC(=O)CNc2ccc(-n3cccn3)c(Cl)c2)c(C)c1. The predicted octanol–water partition coefficient (Wildman–Crippen LogP) is 3.62. The minimum absolute atomic E-state index is 0.0211. The second-order valence-electron chi connectivity index (χ2n) is 7.07. The molecule has 3 rings (SSSR count). The van der Waals surface area contributed by atoms with E-state index in [4.69, 9.17) is 11.6 Å². The average Bonchev–Trinajstić information content (AvgIpc) is 3.22. The molecule has 0 spiro atoms. The number of rotatable bonds is 7. The number of aromatic nitrogens is 2. The highest BCUT2D eigenvalue weighted by Crippen LogP contribution is 2.24. The fraction of sp³-hybridized carbons (Fsp3) is 0.227. The molecule has 1 heterocycles. The second-order valence-corrected chi connectivity index (χ2v) is 7.48. The molecule has 7 nitrogen and oxygen atoms in total. The van der Waals surface area contributed by atoms with E-state index >= 15 is 0 Å². The number of aryl methyl sites for hydroxylation is 3. The normalized spacial score (nSPS) is 10.5. The van der Waals surface area contributed by atoms with Crippen LogP contribution in [0.15, 0.2) is 48.8 Å². The molecule has 0 unspecified atom stereocenters. The number of carbonyl (C=O) groups excluding carboxylic acids is 2. The molecule has 0 saturated carbocycles. The average molecular weight is 426 g/mol. The molecule has 0 aliphatic rings. The Morgan fingerprint density at radius 3 is 2.40 bits per heavy atom. The van der Waals surface area contributed by atoms with Crippen LogP contribution in [-0.2, 0) is 9.59 Å². The zero-order valence-electron chi connectivity index (χ0n) is 17.1. The third-order valence-corrected chi connectivity index (χ3v) is 4.84. The molecule has 0 bridgehead atoms. The van der Waals surface area contributed by atoms with Gasteiger partial charge in [-0.2, -0.15) is 5.10 Å². The molecule has 0 radical (unpaired) electrons. The van der Waals surface area contributed by atoms with Gasteiger partial charge in [-0.3, -0.25) is 9.59 Å². The van der Waals surface area contributed by atoms with Crippen LogP contribution in [0.1, 0.15) is 16.7 Å². The Morgan fingerprint density at radius 1 is 1.03 bits per heavy atom. The van der Waals surface area contributed by atoms with Crippen LogP contribution in [0.3, 0.4) is 0 Å². The van der Waals surface area contributed by atoms with E-state index < -0.39 is 0 Å². The maximum Gasteiger partial charge on any atom is 0.243 e. The van der Waals surface area contributed by atoms with Crippen LogP contribution in [-0.4, -0.2) is 34.7 Å². The summed E-state index contributed by atoms with van der Waals surface area (Å²) in [4.78, 5) is 24.3. The molecule has 3 aromatic rings. The maximum absolute atomic E-state index is 12.2. The topological polar surface area (TPSA) is 88.0 Å². The summed E-state index contributed by atoms with van der Waals surface area (Å²) in [5.74, 6) is -0.570. The molecule has 3 N–H and O–H groups in total. The van der Waals surface area contributed by atoms with Crippen molar-refractivity contribution in [1.82, 2.24) is 15.1 Å². The second kappa shape index (κ2) is 9.45. The van der Waals surface area contributed by atoms with Crippen LogP contribution in [0, 0.1) is 20.8 Å². The summed E-state index contributed by atoms with van der Waals surface area (Å²) in [5.41, 5.74) is 5.34. The third kappa shape index (κ3) is 5.39. The van der Waals surface area contributed by atoms with Gasteiger partial charge in [0.1, 0.15) is 0 Å². The first-order valence-electron chi connectivity index (χ1n) is 9.51. The number of benzene rings is 2. The lowest BCUT2D eigenvalue weighted by Gasteiger charge is -2.13. The van der Waals surface area contributed by atoms with E-state index in [1.807, 2.05) is 51.1 Å². The van der Waals surface area contributed by atoms with Crippen molar-refractivity contribution in [2.24, 2.45) is 0 Å². The lowest BCUT2D eigenvalue weighted by Crippen LogP contribution is -2.36. The highest BCUT2D eigenvalue weighted by molar-refractivity contribution is 6.32. The minimum atomic E-state index is -0.297. The van der Waals surface area contributed by atoms with Crippen molar-refractivity contribution in [3.63, 3.8) is 0 Å². The Kier molecular flexibility index (Phi) is 6.74. The van der Waals surface area contributed by atoms with Crippen LogP contribution in [0.4, 0.5) is 11.4 Å². The molecule has 0 atom stereocenters. The zero-order chi connectivity index (χ0) is 21.7. The highest BCUT2D eigenvalue weighted by atomic mass is 35.5. The van der Waals surface area contributed by atoms with Gasteiger partial charge in [-0.1, -0.05) is 29.3 Å². The summed E-state index contributed by atoms with van der Waals surface area (Å²) >= 11 is 6.30. The van der Waals surface area contributed by atoms with Gasteiger partial charge >= 0.3 is 0 Å². The number of nitrogens with zero attached hydrogens (tertiary/aromatic N) is 2. The largest absolute Gasteiger partial charge is 0.376 e. The molecular weight excluding hydrogens is 402 g/mol. The van der Waals surface area contributed by atoms with Crippen LogP contribution in [0.25, 0.3) is 5.69 Å². The zero-order valence-corrected chi connectivity index (χ0v) is 17.9. The van der Waals surface area contributed by atoms with E-state index in [1.165, 1.54) is 0 Å². The van der Waals surface area contributed by atoms with Crippen molar-refractivity contribution in [2.75, 3.05) is 23.7 Å². The summed E-state index contributed by atoms with van der Waals surface area (Å²) in [6.45, 7) is 5.82. The minimum Gasteiger partial charge on any atom is -0.376 e. The van der Waals surface area contributed by atoms with E-state index in [0.29, 0.717) is 10.7 Å². The molecule has 0 saturated heterocycles. The number of amides is 2. The number of nitrogens with one attached hydrogen (secondary N) is 3. The molecule has 0 fully saturated rings. The first kappa shape index (κ1) is 21.4. The van der Waals surface area contributed by atoms with Crippen molar-refractivity contribution in [3.05, 3.63) is 70.5 Å². The van der Waals surface area contributed by atoms with E-state index in [1.54, 1.807) is 23.1 Å². The number of hydrogen-bond acceptors (Lipinski definition) is 4. The first-order chi connectivity index (χ1) is 14.3. The number of hydrogen-bond donors (Lipinski definition) is 3. The predicted molar refractivity (Wildman–Crippen MR) is 119 cm³/mol. The van der Waals surface area contributed by atoms with E-state index in [-0.39, 0.29) is 24.9 Å². The molecule has 1 aromatic heterocycles. The standard InChI is InChI=1S/C22H24ClN5O2/c1-14-9-15(2)22(16(3)10-14)27-21(30)13-25-20(29)12-24-17-5-6-19(18(23)11-17)28-8-4-7-26-28/h4-11,24H,12-13H2,1-3H3,(H,25,29)(H,27,30). The molecule has 0 aliphatic carbocycles. The smallest absolute Gasteiger partial charge is 0.243 e. The molecule has 8 heteroatoms. The third-order valence-electron chi connectivity index (χ3n) is 4.54. The van der Waals surface area contributed by atoms with Crippen LogP contribution < -0.4 is 16.0 Å². The quantitative estimate of drug-likeness (QED) is 0.539. The molecule has 30 heavy (non-hydrogen) atoms. The van der Waals surface area contributed by atoms with Gasteiger partial charge in [0.15, 0.2) is 0 Å². The Hall–Kier alpha value is -3.32. The Balaban J connectivity index is 1.48. The van der Waals surface area contributed by atoms with Crippen molar-refractivity contribution in [3.8, 4) is 5.69 Å². The van der Waals surface area contributed by atoms with Crippen LogP contribution in [0.2, 0.25) is 5.02 Å². The van der Waals surface area contributed by atoms with Gasteiger partial charge in [-0.05, 0) is 56.2 Å². The molecule has 2 aromatic carbocycles. The van der Waals surface area contributed by atoms with Gasteiger partial charge in [-0.25, -0.2) is 4.68 Å². The fourth-order valence-electron chi connectivity index (χ4n) is 3.20. The number of carbonyl (C=O) groups is 2. The van der Waals surface area contributed by atoms with Gasteiger partial charge < -0.3 is 16.0 Å². The van der Waals surface area contributed by atoms with Crippen molar-refractivity contribution < 1.29 is 9.59 Å². The Morgan fingerprint density at radius 2 is 1.77 bits per heavy atom.